The maximum Gasteiger partial charge on any atom is 0.227 e. The normalized spacial score (nSPS) is 11.8. The molecule has 0 aliphatic rings. The summed E-state index contributed by atoms with van der Waals surface area (Å²) in [4.78, 5) is 12.6. The minimum atomic E-state index is -0.143. The molecule has 2 N–H and O–H groups in total. The second-order valence-corrected chi connectivity index (χ2v) is 5.58. The van der Waals surface area contributed by atoms with Gasteiger partial charge in [0.05, 0.1) is 5.69 Å². The van der Waals surface area contributed by atoms with Gasteiger partial charge in [0, 0.05) is 5.41 Å². The summed E-state index contributed by atoms with van der Waals surface area (Å²) in [7, 11) is 0. The summed E-state index contributed by atoms with van der Waals surface area (Å²) in [6.45, 7) is 6.12. The maximum atomic E-state index is 5.76. The van der Waals surface area contributed by atoms with Crippen LogP contribution in [0.5, 0.6) is 0 Å². The van der Waals surface area contributed by atoms with Gasteiger partial charge in [0.2, 0.25) is 11.2 Å². The number of hydrogen-bond acceptors (Lipinski definition) is 7. The Labute approximate surface area is 107 Å². The van der Waals surface area contributed by atoms with Gasteiger partial charge in [-0.2, -0.15) is 15.0 Å². The van der Waals surface area contributed by atoms with Gasteiger partial charge >= 0.3 is 0 Å². The third-order valence-corrected chi connectivity index (χ3v) is 2.92. The fourth-order valence-electron chi connectivity index (χ4n) is 1.29. The minimum Gasteiger partial charge on any atom is -0.368 e. The second-order valence-electron chi connectivity index (χ2n) is 4.49. The van der Waals surface area contributed by atoms with E-state index in [0.717, 1.165) is 10.6 Å². The lowest BCUT2D eigenvalue weighted by Crippen LogP contribution is -2.13. The molecule has 0 amide bonds. The maximum absolute atomic E-state index is 5.76. The van der Waals surface area contributed by atoms with Crippen LogP contribution < -0.4 is 5.73 Å². The quantitative estimate of drug-likeness (QED) is 0.851. The zero-order valence-corrected chi connectivity index (χ0v) is 11.2. The summed E-state index contributed by atoms with van der Waals surface area (Å²) in [6, 6.07) is 0. The predicted octanol–water partition coefficient (Wildman–Crippen LogP) is 1.92. The van der Waals surface area contributed by atoms with Crippen molar-refractivity contribution in [3.63, 3.8) is 0 Å². The molecule has 0 fully saturated rings. The van der Waals surface area contributed by atoms with Crippen LogP contribution in [-0.4, -0.2) is 24.5 Å². The highest BCUT2D eigenvalue weighted by Crippen LogP contribution is 2.32. The molecule has 90 valence electrons. The minimum absolute atomic E-state index is 0.0701. The molecule has 0 atom stereocenters. The van der Waals surface area contributed by atoms with Gasteiger partial charge in [-0.15, -0.1) is 5.10 Å². The molecule has 0 bridgehead atoms. The number of nitrogens with two attached hydrogens (primary N) is 1. The Balaban J connectivity index is 2.57. The number of nitrogens with zero attached hydrogens (tertiary/aromatic N) is 5. The van der Waals surface area contributed by atoms with Crippen LogP contribution >= 0.6 is 23.1 Å². The molecule has 0 aliphatic heterocycles. The van der Waals surface area contributed by atoms with Gasteiger partial charge in [-0.3, -0.25) is 0 Å². The van der Waals surface area contributed by atoms with E-state index in [2.05, 4.69) is 24.5 Å². The highest BCUT2D eigenvalue weighted by Gasteiger charge is 2.25. The first kappa shape index (κ1) is 12.1. The number of anilines is 1. The molecule has 0 radical (unpaired) electrons. The summed E-state index contributed by atoms with van der Waals surface area (Å²) < 4.78 is 3.93. The van der Waals surface area contributed by atoms with Crippen LogP contribution in [0.4, 0.5) is 5.95 Å². The van der Waals surface area contributed by atoms with E-state index in [0.29, 0.717) is 5.82 Å². The average Bonchev–Trinajstić information content (AvgIpc) is 2.63. The Kier molecular flexibility index (Phi) is 2.96. The van der Waals surface area contributed by atoms with E-state index < -0.39 is 0 Å². The van der Waals surface area contributed by atoms with Crippen molar-refractivity contribution in [2.75, 3.05) is 5.73 Å². The monoisotopic (exact) mass is 270 g/mol. The highest BCUT2D eigenvalue weighted by molar-refractivity contribution is 7.09. The standard InChI is InChI=1S/C9H11ClN6S/c1-9(2,3)5-4(17-16-15-5)6-12-7(10)14-8(11)13-6/h1-3H3,(H2,11,12,13,14). The van der Waals surface area contributed by atoms with Crippen molar-refractivity contribution in [3.8, 4) is 10.7 Å². The van der Waals surface area contributed by atoms with Crippen LogP contribution in [0.25, 0.3) is 10.7 Å². The van der Waals surface area contributed by atoms with Gasteiger partial charge in [-0.25, -0.2) is 0 Å². The third-order valence-electron chi connectivity index (χ3n) is 2.03. The van der Waals surface area contributed by atoms with Crippen molar-refractivity contribution >= 4 is 29.1 Å². The van der Waals surface area contributed by atoms with E-state index in [-0.39, 0.29) is 16.6 Å². The fraction of sp³-hybridized carbons (Fsp3) is 0.444. The van der Waals surface area contributed by atoms with Crippen molar-refractivity contribution in [2.45, 2.75) is 26.2 Å². The molecular weight excluding hydrogens is 260 g/mol. The Bertz CT molecular complexity index is 526. The molecule has 2 rings (SSSR count). The Morgan fingerprint density at radius 2 is 1.88 bits per heavy atom. The molecule has 0 saturated carbocycles. The third kappa shape index (κ3) is 2.50. The van der Waals surface area contributed by atoms with Crippen LogP contribution in [0.2, 0.25) is 5.28 Å². The van der Waals surface area contributed by atoms with Crippen molar-refractivity contribution in [2.24, 2.45) is 0 Å². The topological polar surface area (TPSA) is 90.5 Å². The Hall–Kier alpha value is -1.34. The fourth-order valence-corrected chi connectivity index (χ4v) is 2.27. The van der Waals surface area contributed by atoms with E-state index in [9.17, 15) is 0 Å². The summed E-state index contributed by atoms with van der Waals surface area (Å²) in [6.07, 6.45) is 0. The molecule has 8 heteroatoms. The van der Waals surface area contributed by atoms with Gasteiger partial charge in [0.25, 0.3) is 0 Å². The van der Waals surface area contributed by atoms with Crippen LogP contribution in [0.3, 0.4) is 0 Å². The first-order chi connectivity index (χ1) is 7.88. The summed E-state index contributed by atoms with van der Waals surface area (Å²) in [5.41, 5.74) is 6.22. The number of rotatable bonds is 1. The van der Waals surface area contributed by atoms with E-state index >= 15 is 0 Å². The zero-order valence-electron chi connectivity index (χ0n) is 9.60. The first-order valence-corrected chi connectivity index (χ1v) is 6.03. The molecule has 17 heavy (non-hydrogen) atoms. The lowest BCUT2D eigenvalue weighted by molar-refractivity contribution is 0.568. The number of nitrogen functional groups attached to an aromatic ring is 1. The Morgan fingerprint density at radius 1 is 1.18 bits per heavy atom. The van der Waals surface area contributed by atoms with Crippen molar-refractivity contribution in [1.82, 2.24) is 24.5 Å². The lowest BCUT2D eigenvalue weighted by Gasteiger charge is -2.15. The van der Waals surface area contributed by atoms with Crippen LogP contribution in [0.1, 0.15) is 26.5 Å². The number of hydrogen-bond donors (Lipinski definition) is 1. The molecule has 0 saturated heterocycles. The molecule has 6 nitrogen and oxygen atoms in total. The lowest BCUT2D eigenvalue weighted by atomic mass is 9.91. The summed E-state index contributed by atoms with van der Waals surface area (Å²) in [5, 5.41) is 4.18. The van der Waals surface area contributed by atoms with Crippen LogP contribution in [0, 0.1) is 0 Å². The molecule has 2 aromatic heterocycles. The predicted molar refractivity (Wildman–Crippen MR) is 66.9 cm³/mol. The average molecular weight is 271 g/mol. The van der Waals surface area contributed by atoms with Gasteiger partial charge < -0.3 is 5.73 Å². The van der Waals surface area contributed by atoms with E-state index in [1.165, 1.54) is 11.5 Å². The van der Waals surface area contributed by atoms with Crippen molar-refractivity contribution < 1.29 is 0 Å². The largest absolute Gasteiger partial charge is 0.368 e. The van der Waals surface area contributed by atoms with Gasteiger partial charge in [-0.1, -0.05) is 25.3 Å². The summed E-state index contributed by atoms with van der Waals surface area (Å²) >= 11 is 6.97. The molecule has 0 unspecified atom stereocenters. The SMILES string of the molecule is CC(C)(C)c1nnsc1-c1nc(N)nc(Cl)n1. The second kappa shape index (κ2) is 4.15. The Morgan fingerprint density at radius 3 is 2.47 bits per heavy atom. The van der Waals surface area contributed by atoms with Gasteiger partial charge in [0.1, 0.15) is 4.88 Å². The number of aromatic nitrogens is 5. The van der Waals surface area contributed by atoms with E-state index in [1.807, 2.05) is 20.8 Å². The first-order valence-electron chi connectivity index (χ1n) is 4.88. The van der Waals surface area contributed by atoms with Crippen LogP contribution in [-0.2, 0) is 5.41 Å². The van der Waals surface area contributed by atoms with E-state index in [4.69, 9.17) is 17.3 Å². The number of halogens is 1. The molecule has 0 aromatic carbocycles. The van der Waals surface area contributed by atoms with E-state index in [1.54, 1.807) is 0 Å². The van der Waals surface area contributed by atoms with Crippen molar-refractivity contribution in [1.29, 1.82) is 0 Å². The zero-order chi connectivity index (χ0) is 12.6. The van der Waals surface area contributed by atoms with Gasteiger partial charge in [-0.05, 0) is 23.1 Å². The van der Waals surface area contributed by atoms with Crippen molar-refractivity contribution in [3.05, 3.63) is 11.0 Å². The molecule has 0 aliphatic carbocycles. The molecule has 0 spiro atoms. The molecular formula is C9H11ClN6S. The van der Waals surface area contributed by atoms with Crippen LogP contribution in [0.15, 0.2) is 0 Å². The smallest absolute Gasteiger partial charge is 0.227 e. The summed E-state index contributed by atoms with van der Waals surface area (Å²) in [5.74, 6) is 0.510. The molecule has 2 aromatic rings. The molecule has 2 heterocycles. The highest BCUT2D eigenvalue weighted by atomic mass is 35.5. The van der Waals surface area contributed by atoms with Gasteiger partial charge in [0.15, 0.2) is 5.82 Å².